The highest BCUT2D eigenvalue weighted by Crippen LogP contribution is 2.28. The molecular formula is C9H12FNO2. The van der Waals surface area contributed by atoms with Crippen molar-refractivity contribution in [2.24, 2.45) is 5.73 Å². The van der Waals surface area contributed by atoms with Crippen molar-refractivity contribution >= 4 is 0 Å². The average molecular weight is 185 g/mol. The van der Waals surface area contributed by atoms with E-state index in [0.29, 0.717) is 0 Å². The van der Waals surface area contributed by atoms with E-state index in [-0.39, 0.29) is 23.4 Å². The van der Waals surface area contributed by atoms with Crippen molar-refractivity contribution in [1.82, 2.24) is 0 Å². The molecule has 1 unspecified atom stereocenters. The molecule has 1 atom stereocenters. The van der Waals surface area contributed by atoms with Crippen molar-refractivity contribution in [3.05, 3.63) is 29.1 Å². The Morgan fingerprint density at radius 2 is 2.15 bits per heavy atom. The first-order valence-electron chi connectivity index (χ1n) is 3.94. The van der Waals surface area contributed by atoms with Gasteiger partial charge in [0.15, 0.2) is 0 Å². The van der Waals surface area contributed by atoms with Crippen LogP contribution in [0.15, 0.2) is 12.1 Å². The Hall–Kier alpha value is -1.13. The van der Waals surface area contributed by atoms with Crippen molar-refractivity contribution in [3.63, 3.8) is 0 Å². The Bertz CT molecular complexity index is 315. The standard InChI is InChI=1S/C9H12FNO2/c1-5-6(10)2-3-7(12)9(5)8(13)4-11/h2-3,8,12-13H,4,11H2,1H3. The third kappa shape index (κ3) is 1.79. The first-order chi connectivity index (χ1) is 6.07. The zero-order valence-corrected chi connectivity index (χ0v) is 7.29. The number of rotatable bonds is 2. The molecule has 0 aliphatic heterocycles. The summed E-state index contributed by atoms with van der Waals surface area (Å²) >= 11 is 0. The lowest BCUT2D eigenvalue weighted by Crippen LogP contribution is -2.13. The van der Waals surface area contributed by atoms with Gasteiger partial charge >= 0.3 is 0 Å². The van der Waals surface area contributed by atoms with Gasteiger partial charge in [-0.25, -0.2) is 4.39 Å². The lowest BCUT2D eigenvalue weighted by molar-refractivity contribution is 0.181. The van der Waals surface area contributed by atoms with Gasteiger partial charge in [-0.3, -0.25) is 0 Å². The number of phenolic OH excluding ortho intramolecular Hbond substituents is 1. The minimum absolute atomic E-state index is 0.0438. The van der Waals surface area contributed by atoms with Gasteiger partial charge in [-0.2, -0.15) is 0 Å². The van der Waals surface area contributed by atoms with E-state index < -0.39 is 11.9 Å². The summed E-state index contributed by atoms with van der Waals surface area (Å²) in [6, 6.07) is 2.36. The van der Waals surface area contributed by atoms with E-state index in [9.17, 15) is 14.6 Å². The monoisotopic (exact) mass is 185 g/mol. The molecule has 0 fully saturated rings. The second-order valence-electron chi connectivity index (χ2n) is 2.86. The molecule has 1 aromatic carbocycles. The maximum Gasteiger partial charge on any atom is 0.126 e. The Balaban J connectivity index is 3.25. The minimum Gasteiger partial charge on any atom is -0.508 e. The molecule has 0 aromatic heterocycles. The van der Waals surface area contributed by atoms with E-state index in [1.807, 2.05) is 0 Å². The Labute approximate surface area is 75.6 Å². The second-order valence-corrected chi connectivity index (χ2v) is 2.86. The Kier molecular flexibility index (Phi) is 2.85. The van der Waals surface area contributed by atoms with Crippen LogP contribution in [0, 0.1) is 12.7 Å². The molecule has 0 aliphatic rings. The highest BCUT2D eigenvalue weighted by molar-refractivity contribution is 5.41. The number of aliphatic hydroxyl groups is 1. The number of hydrogen-bond donors (Lipinski definition) is 3. The molecule has 0 aliphatic carbocycles. The molecule has 0 spiro atoms. The molecule has 1 rings (SSSR count). The van der Waals surface area contributed by atoms with Crippen LogP contribution in [0.2, 0.25) is 0 Å². The SMILES string of the molecule is Cc1c(F)ccc(O)c1C(O)CN. The fourth-order valence-electron chi connectivity index (χ4n) is 1.23. The van der Waals surface area contributed by atoms with Crippen LogP contribution in [0.3, 0.4) is 0 Å². The summed E-state index contributed by atoms with van der Waals surface area (Å²) in [5, 5.41) is 18.7. The third-order valence-corrected chi connectivity index (χ3v) is 1.98. The van der Waals surface area contributed by atoms with E-state index in [1.165, 1.54) is 13.0 Å². The Morgan fingerprint density at radius 3 is 2.69 bits per heavy atom. The second kappa shape index (κ2) is 3.72. The molecule has 0 radical (unpaired) electrons. The molecule has 1 aromatic rings. The lowest BCUT2D eigenvalue weighted by atomic mass is 10.0. The first-order valence-corrected chi connectivity index (χ1v) is 3.94. The van der Waals surface area contributed by atoms with Crippen molar-refractivity contribution in [2.45, 2.75) is 13.0 Å². The van der Waals surface area contributed by atoms with Crippen LogP contribution in [0.1, 0.15) is 17.2 Å². The molecule has 4 N–H and O–H groups in total. The van der Waals surface area contributed by atoms with Gasteiger partial charge in [0.05, 0.1) is 6.10 Å². The number of aliphatic hydroxyl groups excluding tert-OH is 1. The molecule has 0 heterocycles. The largest absolute Gasteiger partial charge is 0.508 e. The molecule has 0 amide bonds. The smallest absolute Gasteiger partial charge is 0.126 e. The van der Waals surface area contributed by atoms with Crippen LogP contribution >= 0.6 is 0 Å². The minimum atomic E-state index is -1.02. The lowest BCUT2D eigenvalue weighted by Gasteiger charge is -2.13. The highest BCUT2D eigenvalue weighted by atomic mass is 19.1. The molecule has 0 saturated carbocycles. The van der Waals surface area contributed by atoms with Gasteiger partial charge in [-0.05, 0) is 24.6 Å². The highest BCUT2D eigenvalue weighted by Gasteiger charge is 2.15. The number of hydrogen-bond acceptors (Lipinski definition) is 3. The maximum absolute atomic E-state index is 13.0. The summed E-state index contributed by atoms with van der Waals surface area (Å²) in [5.41, 5.74) is 5.61. The number of benzene rings is 1. The number of aromatic hydroxyl groups is 1. The molecule has 4 heteroatoms. The molecule has 0 bridgehead atoms. The van der Waals surface area contributed by atoms with E-state index in [1.54, 1.807) is 0 Å². The van der Waals surface area contributed by atoms with Gasteiger partial charge in [0.25, 0.3) is 0 Å². The van der Waals surface area contributed by atoms with Crippen LogP contribution < -0.4 is 5.73 Å². The fraction of sp³-hybridized carbons (Fsp3) is 0.333. The topological polar surface area (TPSA) is 66.5 Å². The van der Waals surface area contributed by atoms with E-state index in [0.717, 1.165) is 6.07 Å². The third-order valence-electron chi connectivity index (χ3n) is 1.98. The molecule has 72 valence electrons. The van der Waals surface area contributed by atoms with Crippen molar-refractivity contribution in [3.8, 4) is 5.75 Å². The fourth-order valence-corrected chi connectivity index (χ4v) is 1.23. The van der Waals surface area contributed by atoms with Crippen molar-refractivity contribution < 1.29 is 14.6 Å². The molecule has 0 saturated heterocycles. The molecule has 3 nitrogen and oxygen atoms in total. The van der Waals surface area contributed by atoms with Crippen molar-refractivity contribution in [1.29, 1.82) is 0 Å². The summed E-state index contributed by atoms with van der Waals surface area (Å²) in [6.45, 7) is 1.45. The zero-order chi connectivity index (χ0) is 10.0. The van der Waals surface area contributed by atoms with E-state index in [4.69, 9.17) is 5.73 Å². The molecular weight excluding hydrogens is 173 g/mol. The van der Waals surface area contributed by atoms with Crippen LogP contribution in [-0.4, -0.2) is 16.8 Å². The number of nitrogens with two attached hydrogens (primary N) is 1. The summed E-state index contributed by atoms with van der Waals surface area (Å²) in [7, 11) is 0. The van der Waals surface area contributed by atoms with Crippen LogP contribution in [0.4, 0.5) is 4.39 Å². The average Bonchev–Trinajstić information content (AvgIpc) is 2.12. The van der Waals surface area contributed by atoms with Crippen LogP contribution in [0.5, 0.6) is 5.75 Å². The normalized spacial score (nSPS) is 12.9. The molecule has 13 heavy (non-hydrogen) atoms. The van der Waals surface area contributed by atoms with Gasteiger partial charge in [-0.1, -0.05) is 0 Å². The maximum atomic E-state index is 13.0. The summed E-state index contributed by atoms with van der Waals surface area (Å²) < 4.78 is 13.0. The predicted molar refractivity (Wildman–Crippen MR) is 46.8 cm³/mol. The van der Waals surface area contributed by atoms with Gasteiger partial charge in [0.2, 0.25) is 0 Å². The number of halogens is 1. The predicted octanol–water partition coefficient (Wildman–Crippen LogP) is 0.832. The number of phenols is 1. The van der Waals surface area contributed by atoms with Gasteiger partial charge in [0.1, 0.15) is 11.6 Å². The van der Waals surface area contributed by atoms with Crippen LogP contribution in [-0.2, 0) is 0 Å². The summed E-state index contributed by atoms with van der Waals surface area (Å²) in [5.74, 6) is -0.586. The summed E-state index contributed by atoms with van der Waals surface area (Å²) in [4.78, 5) is 0. The van der Waals surface area contributed by atoms with E-state index >= 15 is 0 Å². The van der Waals surface area contributed by atoms with E-state index in [2.05, 4.69) is 0 Å². The van der Waals surface area contributed by atoms with Gasteiger partial charge in [-0.15, -0.1) is 0 Å². The zero-order valence-electron chi connectivity index (χ0n) is 7.29. The summed E-state index contributed by atoms with van der Waals surface area (Å²) in [6.07, 6.45) is -1.02. The van der Waals surface area contributed by atoms with Crippen LogP contribution in [0.25, 0.3) is 0 Å². The van der Waals surface area contributed by atoms with Gasteiger partial charge in [0, 0.05) is 12.1 Å². The van der Waals surface area contributed by atoms with Gasteiger partial charge < -0.3 is 15.9 Å². The quantitative estimate of drug-likeness (QED) is 0.639. The van der Waals surface area contributed by atoms with Crippen molar-refractivity contribution in [2.75, 3.05) is 6.54 Å². The Morgan fingerprint density at radius 1 is 1.54 bits per heavy atom. The first kappa shape index (κ1) is 9.95.